The Balaban J connectivity index is 2.45. The minimum Gasteiger partial charge on any atom is -0.271 e. The fraction of sp³-hybridized carbons (Fsp3) is 0.100. The second-order valence-corrected chi connectivity index (χ2v) is 4.89. The van der Waals surface area contributed by atoms with Crippen molar-refractivity contribution in [3.63, 3.8) is 0 Å². The van der Waals surface area contributed by atoms with Crippen LogP contribution in [0.3, 0.4) is 0 Å². The monoisotopic (exact) mass is 273 g/mol. The van der Waals surface area contributed by atoms with E-state index < -0.39 is 0 Å². The van der Waals surface area contributed by atoms with Crippen LogP contribution in [-0.2, 0) is 0 Å². The van der Waals surface area contributed by atoms with E-state index in [1.54, 1.807) is 12.4 Å². The number of nitrogens with one attached hydrogen (secondary N) is 1. The Morgan fingerprint density at radius 2 is 2.12 bits per heavy atom. The Morgan fingerprint density at radius 1 is 1.31 bits per heavy atom. The first-order chi connectivity index (χ1) is 7.74. The van der Waals surface area contributed by atoms with Crippen molar-refractivity contribution in [3.8, 4) is 0 Å². The molecule has 3 N–H and O–H groups in total. The normalized spacial score (nSPS) is 12.7. The first-order valence-electron chi connectivity index (χ1n) is 4.52. The summed E-state index contributed by atoms with van der Waals surface area (Å²) in [5, 5.41) is 3.16. The fourth-order valence-corrected chi connectivity index (χ4v) is 2.91. The van der Waals surface area contributed by atoms with Crippen LogP contribution in [0.25, 0.3) is 0 Å². The molecule has 3 nitrogen and oxygen atoms in total. The van der Waals surface area contributed by atoms with Crippen molar-refractivity contribution in [2.75, 3.05) is 0 Å². The number of pyridine rings is 1. The lowest BCUT2D eigenvalue weighted by Crippen LogP contribution is -2.28. The smallest absolute Gasteiger partial charge is 0.0832 e. The van der Waals surface area contributed by atoms with Crippen molar-refractivity contribution in [1.29, 1.82) is 0 Å². The molecule has 1 unspecified atom stereocenters. The first kappa shape index (κ1) is 11.8. The van der Waals surface area contributed by atoms with Crippen molar-refractivity contribution in [2.45, 2.75) is 6.04 Å². The highest BCUT2D eigenvalue weighted by Gasteiger charge is 2.19. The van der Waals surface area contributed by atoms with Crippen LogP contribution >= 0.6 is 34.5 Å². The summed E-state index contributed by atoms with van der Waals surface area (Å²) < 4.78 is 0. The van der Waals surface area contributed by atoms with Crippen molar-refractivity contribution in [1.82, 2.24) is 10.4 Å². The molecule has 0 bridgehead atoms. The molecule has 2 heterocycles. The third-order valence-electron chi connectivity index (χ3n) is 2.19. The van der Waals surface area contributed by atoms with E-state index in [1.165, 1.54) is 11.3 Å². The topological polar surface area (TPSA) is 50.9 Å². The molecule has 0 aliphatic rings. The predicted octanol–water partition coefficient (Wildman–Crippen LogP) is 3.00. The number of hydrazine groups is 1. The molecule has 0 aliphatic heterocycles. The summed E-state index contributed by atoms with van der Waals surface area (Å²) in [6.45, 7) is 0. The van der Waals surface area contributed by atoms with E-state index in [0.717, 1.165) is 10.4 Å². The van der Waals surface area contributed by atoms with Crippen LogP contribution in [0.1, 0.15) is 16.5 Å². The Labute approximate surface area is 107 Å². The number of aromatic nitrogens is 1. The summed E-state index contributed by atoms with van der Waals surface area (Å²) in [7, 11) is 0. The molecule has 0 radical (unpaired) electrons. The zero-order chi connectivity index (χ0) is 11.5. The Hall–Kier alpha value is -0.650. The summed E-state index contributed by atoms with van der Waals surface area (Å²) in [6.07, 6.45) is 3.26. The third kappa shape index (κ3) is 2.21. The molecule has 6 heteroatoms. The van der Waals surface area contributed by atoms with Gasteiger partial charge >= 0.3 is 0 Å². The average molecular weight is 274 g/mol. The van der Waals surface area contributed by atoms with Crippen LogP contribution < -0.4 is 11.3 Å². The molecule has 1 atom stereocenters. The summed E-state index contributed by atoms with van der Waals surface area (Å²) in [5.41, 5.74) is 3.58. The third-order valence-corrected chi connectivity index (χ3v) is 3.93. The van der Waals surface area contributed by atoms with Gasteiger partial charge in [0.05, 0.1) is 16.1 Å². The van der Waals surface area contributed by atoms with E-state index >= 15 is 0 Å². The number of halogens is 2. The molecular weight excluding hydrogens is 265 g/mol. The number of hydrogen-bond donors (Lipinski definition) is 2. The van der Waals surface area contributed by atoms with Crippen molar-refractivity contribution < 1.29 is 0 Å². The van der Waals surface area contributed by atoms with Gasteiger partial charge in [-0.1, -0.05) is 23.2 Å². The van der Waals surface area contributed by atoms with Crippen molar-refractivity contribution in [3.05, 3.63) is 50.4 Å². The molecule has 0 fully saturated rings. The van der Waals surface area contributed by atoms with Crippen molar-refractivity contribution >= 4 is 34.5 Å². The van der Waals surface area contributed by atoms with Crippen LogP contribution in [0.5, 0.6) is 0 Å². The average Bonchev–Trinajstić information content (AvgIpc) is 2.69. The van der Waals surface area contributed by atoms with Gasteiger partial charge in [-0.2, -0.15) is 0 Å². The van der Waals surface area contributed by atoms with Gasteiger partial charge in [0.1, 0.15) is 0 Å². The van der Waals surface area contributed by atoms with E-state index in [0.29, 0.717) is 10.0 Å². The zero-order valence-electron chi connectivity index (χ0n) is 8.15. The van der Waals surface area contributed by atoms with Gasteiger partial charge in [-0.25, -0.2) is 5.43 Å². The molecule has 2 aromatic rings. The second kappa shape index (κ2) is 5.12. The number of nitrogens with two attached hydrogens (primary N) is 1. The summed E-state index contributed by atoms with van der Waals surface area (Å²) >= 11 is 13.7. The number of nitrogens with zero attached hydrogens (tertiary/aromatic N) is 1. The molecule has 0 aliphatic carbocycles. The minimum absolute atomic E-state index is 0.206. The molecule has 0 aromatic carbocycles. The quantitative estimate of drug-likeness (QED) is 0.668. The van der Waals surface area contributed by atoms with Crippen molar-refractivity contribution in [2.24, 2.45) is 5.84 Å². The second-order valence-electron chi connectivity index (χ2n) is 3.13. The maximum atomic E-state index is 6.07. The minimum atomic E-state index is -0.206. The summed E-state index contributed by atoms with van der Waals surface area (Å²) in [6, 6.07) is 3.45. The molecule has 2 rings (SSSR count). The number of hydrogen-bond acceptors (Lipinski definition) is 4. The first-order valence-corrected chi connectivity index (χ1v) is 6.16. The Morgan fingerprint density at radius 3 is 2.69 bits per heavy atom. The van der Waals surface area contributed by atoms with Gasteiger partial charge in [-0.15, -0.1) is 11.3 Å². The van der Waals surface area contributed by atoms with Gasteiger partial charge in [0, 0.05) is 17.3 Å². The van der Waals surface area contributed by atoms with Crippen LogP contribution in [0, 0.1) is 0 Å². The summed E-state index contributed by atoms with van der Waals surface area (Å²) in [4.78, 5) is 4.88. The molecule has 0 spiro atoms. The number of rotatable bonds is 3. The van der Waals surface area contributed by atoms with E-state index in [9.17, 15) is 0 Å². The van der Waals surface area contributed by atoms with Crippen LogP contribution in [0.2, 0.25) is 10.0 Å². The number of thiophene rings is 1. The van der Waals surface area contributed by atoms with Gasteiger partial charge in [-0.3, -0.25) is 10.8 Å². The molecule has 2 aromatic heterocycles. The van der Waals surface area contributed by atoms with E-state index in [2.05, 4.69) is 10.4 Å². The van der Waals surface area contributed by atoms with E-state index in [-0.39, 0.29) is 6.04 Å². The van der Waals surface area contributed by atoms with Gasteiger partial charge in [0.2, 0.25) is 0 Å². The molecule has 16 heavy (non-hydrogen) atoms. The van der Waals surface area contributed by atoms with Crippen LogP contribution in [0.15, 0.2) is 29.9 Å². The predicted molar refractivity (Wildman–Crippen MR) is 67.7 cm³/mol. The van der Waals surface area contributed by atoms with Crippen LogP contribution in [-0.4, -0.2) is 4.98 Å². The summed E-state index contributed by atoms with van der Waals surface area (Å²) in [5.74, 6) is 5.55. The maximum absolute atomic E-state index is 6.07. The highest BCUT2D eigenvalue weighted by Crippen LogP contribution is 2.34. The highest BCUT2D eigenvalue weighted by molar-refractivity contribution is 7.10. The fourth-order valence-electron chi connectivity index (χ4n) is 1.44. The van der Waals surface area contributed by atoms with Gasteiger partial charge in [0.25, 0.3) is 0 Å². The Bertz CT molecular complexity index is 486. The Kier molecular flexibility index (Phi) is 3.78. The zero-order valence-corrected chi connectivity index (χ0v) is 10.5. The van der Waals surface area contributed by atoms with E-state index in [1.807, 2.05) is 17.5 Å². The molecule has 0 saturated heterocycles. The van der Waals surface area contributed by atoms with E-state index in [4.69, 9.17) is 29.0 Å². The van der Waals surface area contributed by atoms with Gasteiger partial charge in [-0.05, 0) is 23.1 Å². The highest BCUT2D eigenvalue weighted by atomic mass is 35.5. The van der Waals surface area contributed by atoms with Crippen LogP contribution in [0.4, 0.5) is 0 Å². The molecular formula is C10H9Cl2N3S. The lowest BCUT2D eigenvalue weighted by Gasteiger charge is -2.16. The van der Waals surface area contributed by atoms with Gasteiger partial charge in [0.15, 0.2) is 0 Å². The van der Waals surface area contributed by atoms with Gasteiger partial charge < -0.3 is 0 Å². The SMILES string of the molecule is NNC(c1ccncc1Cl)c1sccc1Cl. The molecule has 0 amide bonds. The maximum Gasteiger partial charge on any atom is 0.0832 e. The molecule has 0 saturated carbocycles. The lowest BCUT2D eigenvalue weighted by atomic mass is 10.1. The molecule has 84 valence electrons. The largest absolute Gasteiger partial charge is 0.271 e. The lowest BCUT2D eigenvalue weighted by molar-refractivity contribution is 0.646. The standard InChI is InChI=1S/C10H9Cl2N3S/c11-7-2-4-16-10(7)9(15-13)6-1-3-14-5-8(6)12/h1-5,9,15H,13H2.